The molecule has 0 atom stereocenters. The van der Waals surface area contributed by atoms with Crippen LogP contribution < -0.4 is 10.2 Å². The van der Waals surface area contributed by atoms with Gasteiger partial charge in [0.15, 0.2) is 0 Å². The van der Waals surface area contributed by atoms with E-state index in [0.717, 1.165) is 58.7 Å². The van der Waals surface area contributed by atoms with E-state index >= 15 is 0 Å². The molecule has 8 saturated carbocycles. The quantitative estimate of drug-likeness (QED) is 0.501. The number of para-hydroxylation sites is 1. The predicted octanol–water partition coefficient (Wildman–Crippen LogP) is 6.51. The number of nitrogens with zero attached hydrogens (tertiary/aromatic N) is 1. The first-order chi connectivity index (χ1) is 14.6. The highest BCUT2D eigenvalue weighted by molar-refractivity contribution is 7.67. The highest BCUT2D eigenvalue weighted by atomic mass is 31.1. The first-order valence-corrected chi connectivity index (χ1v) is 14.7. The van der Waals surface area contributed by atoms with Crippen LogP contribution in [0.4, 0.5) is 5.69 Å². The number of hydrogen-bond donors (Lipinski definition) is 0. The van der Waals surface area contributed by atoms with Gasteiger partial charge in [0, 0.05) is 19.8 Å². The van der Waals surface area contributed by atoms with E-state index in [0.29, 0.717) is 0 Å². The van der Waals surface area contributed by atoms with Gasteiger partial charge >= 0.3 is 0 Å². The maximum absolute atomic E-state index is 2.59. The van der Waals surface area contributed by atoms with Crippen molar-refractivity contribution in [1.29, 1.82) is 0 Å². The summed E-state index contributed by atoms with van der Waals surface area (Å²) in [5.41, 5.74) is 3.67. The lowest BCUT2D eigenvalue weighted by atomic mass is 9.55. The molecule has 0 heterocycles. The molecule has 2 heteroatoms. The minimum absolute atomic E-state index is 0.0505. The molecule has 1 aromatic rings. The Morgan fingerprint density at radius 1 is 0.600 bits per heavy atom. The van der Waals surface area contributed by atoms with Gasteiger partial charge in [0.2, 0.25) is 0 Å². The SMILES string of the molecule is CN(C)c1ccccc1P(C1C2CC3CC(C2)CC1C3)C1C2CC3CC(C2)CC1C3. The first-order valence-electron chi connectivity index (χ1n) is 13.2. The third kappa shape index (κ3) is 2.82. The molecule has 8 fully saturated rings. The van der Waals surface area contributed by atoms with Crippen molar-refractivity contribution in [3.05, 3.63) is 24.3 Å². The molecule has 9 rings (SSSR count). The Kier molecular flexibility index (Phi) is 4.41. The normalized spacial score (nSPS) is 48.9. The Balaban J connectivity index is 1.34. The van der Waals surface area contributed by atoms with Gasteiger partial charge in [-0.3, -0.25) is 0 Å². The molecule has 0 aromatic heterocycles. The van der Waals surface area contributed by atoms with Crippen LogP contribution in [-0.2, 0) is 0 Å². The molecule has 0 aliphatic heterocycles. The molecule has 0 N–H and O–H groups in total. The summed E-state index contributed by atoms with van der Waals surface area (Å²) in [5.74, 6) is 8.68. The molecule has 0 amide bonds. The van der Waals surface area contributed by atoms with Crippen LogP contribution in [0.3, 0.4) is 0 Å². The summed E-state index contributed by atoms with van der Waals surface area (Å²) in [6.07, 6.45) is 15.9. The Morgan fingerprint density at radius 2 is 1.00 bits per heavy atom. The zero-order valence-electron chi connectivity index (χ0n) is 19.0. The van der Waals surface area contributed by atoms with Crippen LogP contribution in [0.1, 0.15) is 64.2 Å². The molecule has 30 heavy (non-hydrogen) atoms. The summed E-state index contributed by atoms with van der Waals surface area (Å²) in [5, 5.41) is 1.81. The lowest BCUT2D eigenvalue weighted by molar-refractivity contribution is 0.0136. The van der Waals surface area contributed by atoms with Crippen molar-refractivity contribution in [1.82, 2.24) is 0 Å². The van der Waals surface area contributed by atoms with Crippen molar-refractivity contribution in [2.24, 2.45) is 47.3 Å². The van der Waals surface area contributed by atoms with Gasteiger partial charge in [-0.2, -0.15) is 0 Å². The van der Waals surface area contributed by atoms with Crippen LogP contribution in [-0.4, -0.2) is 25.4 Å². The number of hydrogen-bond acceptors (Lipinski definition) is 1. The molecular weight excluding hydrogens is 381 g/mol. The van der Waals surface area contributed by atoms with E-state index in [9.17, 15) is 0 Å². The van der Waals surface area contributed by atoms with Crippen molar-refractivity contribution in [3.8, 4) is 0 Å². The molecular formula is C28H40NP. The van der Waals surface area contributed by atoms with Crippen LogP contribution in [0.25, 0.3) is 0 Å². The van der Waals surface area contributed by atoms with Gasteiger partial charge in [0.25, 0.3) is 0 Å². The highest BCUT2D eigenvalue weighted by Crippen LogP contribution is 2.71. The van der Waals surface area contributed by atoms with E-state index in [1.165, 1.54) is 0 Å². The maximum Gasteiger partial charge on any atom is 0.0439 e. The largest absolute Gasteiger partial charge is 0.377 e. The smallest absolute Gasteiger partial charge is 0.0439 e. The lowest BCUT2D eigenvalue weighted by Gasteiger charge is -2.62. The Hall–Kier alpha value is -0.550. The second-order valence-corrected chi connectivity index (χ2v) is 15.1. The molecule has 1 aromatic carbocycles. The van der Waals surface area contributed by atoms with Crippen LogP contribution in [0.5, 0.6) is 0 Å². The fourth-order valence-corrected chi connectivity index (χ4v) is 14.9. The average molecular weight is 422 g/mol. The van der Waals surface area contributed by atoms with Crippen molar-refractivity contribution in [3.63, 3.8) is 0 Å². The minimum Gasteiger partial charge on any atom is -0.377 e. The third-order valence-corrected chi connectivity index (χ3v) is 14.5. The fraction of sp³-hybridized carbons (Fsp3) is 0.786. The van der Waals surface area contributed by atoms with Crippen LogP contribution in [0.15, 0.2) is 24.3 Å². The van der Waals surface area contributed by atoms with Gasteiger partial charge in [-0.05, 0) is 134 Å². The summed E-state index contributed by atoms with van der Waals surface area (Å²) in [7, 11) is 4.53. The molecule has 8 bridgehead atoms. The second kappa shape index (κ2) is 6.97. The number of rotatable bonds is 4. The minimum atomic E-state index is -0.0505. The van der Waals surface area contributed by atoms with E-state index in [1.54, 1.807) is 69.9 Å². The zero-order chi connectivity index (χ0) is 20.0. The van der Waals surface area contributed by atoms with Crippen LogP contribution in [0.2, 0.25) is 0 Å². The Labute approximate surface area is 185 Å². The molecule has 0 spiro atoms. The zero-order valence-corrected chi connectivity index (χ0v) is 19.9. The van der Waals surface area contributed by atoms with E-state index in [2.05, 4.69) is 43.3 Å². The maximum atomic E-state index is 2.59. The van der Waals surface area contributed by atoms with Crippen LogP contribution in [0, 0.1) is 47.3 Å². The van der Waals surface area contributed by atoms with Gasteiger partial charge in [0.05, 0.1) is 0 Å². The predicted molar refractivity (Wildman–Crippen MR) is 129 cm³/mol. The molecule has 0 radical (unpaired) electrons. The molecule has 0 unspecified atom stereocenters. The number of benzene rings is 1. The summed E-state index contributed by atoms with van der Waals surface area (Å²) < 4.78 is 0. The van der Waals surface area contributed by atoms with E-state index in [4.69, 9.17) is 0 Å². The molecule has 0 saturated heterocycles. The van der Waals surface area contributed by atoms with E-state index in [-0.39, 0.29) is 7.92 Å². The van der Waals surface area contributed by atoms with Crippen molar-refractivity contribution >= 4 is 18.9 Å². The fourth-order valence-electron chi connectivity index (χ4n) is 10.3. The summed E-state index contributed by atoms with van der Waals surface area (Å²) in [6, 6.07) is 9.71. The second-order valence-electron chi connectivity index (χ2n) is 12.6. The Morgan fingerprint density at radius 3 is 1.40 bits per heavy atom. The molecule has 8 aliphatic rings. The van der Waals surface area contributed by atoms with Gasteiger partial charge < -0.3 is 4.90 Å². The van der Waals surface area contributed by atoms with Gasteiger partial charge in [-0.15, -0.1) is 0 Å². The van der Waals surface area contributed by atoms with Crippen LogP contribution >= 0.6 is 7.92 Å². The van der Waals surface area contributed by atoms with Gasteiger partial charge in [-0.1, -0.05) is 26.1 Å². The number of anilines is 1. The monoisotopic (exact) mass is 421 g/mol. The first kappa shape index (κ1) is 19.0. The molecule has 1 nitrogen and oxygen atoms in total. The topological polar surface area (TPSA) is 3.24 Å². The third-order valence-electron chi connectivity index (χ3n) is 10.6. The van der Waals surface area contributed by atoms with Crippen molar-refractivity contribution in [2.45, 2.75) is 75.5 Å². The summed E-state index contributed by atoms with van der Waals surface area (Å²) in [6.45, 7) is 0. The Bertz CT molecular complexity index is 717. The average Bonchev–Trinajstić information content (AvgIpc) is 2.71. The summed E-state index contributed by atoms with van der Waals surface area (Å²) >= 11 is 0. The van der Waals surface area contributed by atoms with Crippen molar-refractivity contribution in [2.75, 3.05) is 19.0 Å². The van der Waals surface area contributed by atoms with Gasteiger partial charge in [0.1, 0.15) is 0 Å². The summed E-state index contributed by atoms with van der Waals surface area (Å²) in [4.78, 5) is 2.44. The molecule has 8 aliphatic carbocycles. The van der Waals surface area contributed by atoms with Gasteiger partial charge in [-0.25, -0.2) is 0 Å². The highest BCUT2D eigenvalue weighted by Gasteiger charge is 2.57. The van der Waals surface area contributed by atoms with E-state index < -0.39 is 0 Å². The lowest BCUT2D eigenvalue weighted by Crippen LogP contribution is -2.54. The van der Waals surface area contributed by atoms with Crippen molar-refractivity contribution < 1.29 is 0 Å². The van der Waals surface area contributed by atoms with E-state index in [1.807, 2.05) is 5.30 Å². The standard InChI is InChI=1S/C28H40NP/c1-29(2)25-5-3-4-6-26(25)30(27-21-9-17-7-18(11-21)12-22(27)10-17)28-23-13-19-8-20(15-23)16-24(28)14-19/h3-6,17-24,27-28H,7-16H2,1-2H3. The molecule has 162 valence electrons.